The molecule has 0 spiro atoms. The maximum atomic E-state index is 14.1. The number of amides is 1. The van der Waals surface area contributed by atoms with E-state index in [0.29, 0.717) is 35.5 Å². The zero-order chi connectivity index (χ0) is 24.8. The van der Waals surface area contributed by atoms with Crippen LogP contribution < -0.4 is 10.0 Å². The zero-order valence-electron chi connectivity index (χ0n) is 18.8. The van der Waals surface area contributed by atoms with Gasteiger partial charge in [-0.05, 0) is 63.1 Å². The summed E-state index contributed by atoms with van der Waals surface area (Å²) in [5.41, 5.74) is 1.42. The molecule has 1 saturated carbocycles. The van der Waals surface area contributed by atoms with Crippen LogP contribution in [0.3, 0.4) is 0 Å². The summed E-state index contributed by atoms with van der Waals surface area (Å²) in [5, 5.41) is 10.6. The molecule has 0 bridgehead atoms. The summed E-state index contributed by atoms with van der Waals surface area (Å²) in [7, 11) is -3.90. The van der Waals surface area contributed by atoms with Crippen LogP contribution >= 0.6 is 0 Å². The van der Waals surface area contributed by atoms with Gasteiger partial charge in [0.1, 0.15) is 5.82 Å². The van der Waals surface area contributed by atoms with E-state index in [9.17, 15) is 17.6 Å². The Morgan fingerprint density at radius 2 is 1.74 bits per heavy atom. The number of anilines is 2. The Hall–Kier alpha value is -3.99. The molecule has 0 unspecified atom stereocenters. The van der Waals surface area contributed by atoms with Crippen molar-refractivity contribution in [1.29, 1.82) is 0 Å². The SMILES string of the molecule is Cc1noc(NS(=O)(=O)c2ccc(NC(=O)C3(c4cc(-c5ccccc5F)on4)CC3)cc2)c1C. The van der Waals surface area contributed by atoms with E-state index in [4.69, 9.17) is 9.05 Å². The lowest BCUT2D eigenvalue weighted by atomic mass is 10.00. The van der Waals surface area contributed by atoms with Crippen LogP contribution in [0.1, 0.15) is 29.8 Å². The van der Waals surface area contributed by atoms with Crippen LogP contribution in [0.15, 0.2) is 68.5 Å². The van der Waals surface area contributed by atoms with Crippen molar-refractivity contribution in [2.75, 3.05) is 10.0 Å². The third-order valence-electron chi connectivity index (χ3n) is 6.13. The number of aromatic nitrogens is 2. The second-order valence-electron chi connectivity index (χ2n) is 8.44. The number of nitrogens with one attached hydrogen (secondary N) is 2. The van der Waals surface area contributed by atoms with Crippen molar-refractivity contribution in [3.05, 3.63) is 77.4 Å². The van der Waals surface area contributed by atoms with Gasteiger partial charge in [0.05, 0.1) is 27.3 Å². The van der Waals surface area contributed by atoms with Gasteiger partial charge in [-0.1, -0.05) is 22.4 Å². The average Bonchev–Trinajstić information content (AvgIpc) is 3.41. The van der Waals surface area contributed by atoms with E-state index < -0.39 is 21.3 Å². The molecular formula is C24H21FN4O5S. The normalized spacial score (nSPS) is 14.5. The quantitative estimate of drug-likeness (QED) is 0.384. The Morgan fingerprint density at radius 3 is 2.37 bits per heavy atom. The minimum Gasteiger partial charge on any atom is -0.356 e. The summed E-state index contributed by atoms with van der Waals surface area (Å²) in [6, 6.07) is 13.5. The summed E-state index contributed by atoms with van der Waals surface area (Å²) in [5.74, 6) is -0.440. The van der Waals surface area contributed by atoms with E-state index in [1.54, 1.807) is 38.1 Å². The van der Waals surface area contributed by atoms with Crippen molar-refractivity contribution in [2.45, 2.75) is 37.0 Å². The van der Waals surface area contributed by atoms with Crippen molar-refractivity contribution in [2.24, 2.45) is 0 Å². The number of halogens is 1. The summed E-state index contributed by atoms with van der Waals surface area (Å²) in [4.78, 5) is 13.1. The fourth-order valence-electron chi connectivity index (χ4n) is 3.67. The van der Waals surface area contributed by atoms with Gasteiger partial charge in [-0.3, -0.25) is 4.79 Å². The molecule has 35 heavy (non-hydrogen) atoms. The van der Waals surface area contributed by atoms with Crippen molar-refractivity contribution in [3.63, 3.8) is 0 Å². The second kappa shape index (κ2) is 8.35. The van der Waals surface area contributed by atoms with Crippen LogP contribution in [0, 0.1) is 19.7 Å². The predicted molar refractivity (Wildman–Crippen MR) is 125 cm³/mol. The molecule has 0 atom stereocenters. The topological polar surface area (TPSA) is 127 Å². The first-order valence-electron chi connectivity index (χ1n) is 10.8. The van der Waals surface area contributed by atoms with E-state index in [1.807, 2.05) is 0 Å². The standard InChI is InChI=1S/C24H21FN4O5S/c1-14-15(2)27-34-22(14)29-35(31,32)17-9-7-16(8-10-17)26-23(30)24(11-12-24)21-13-20(33-28-21)18-5-3-4-6-19(18)25/h3-10,13,29H,11-12H2,1-2H3,(H,26,30). The lowest BCUT2D eigenvalue weighted by Crippen LogP contribution is -2.28. The zero-order valence-corrected chi connectivity index (χ0v) is 19.6. The van der Waals surface area contributed by atoms with E-state index in [0.717, 1.165) is 0 Å². The third kappa shape index (κ3) is 4.18. The molecule has 1 aliphatic rings. The minimum atomic E-state index is -3.90. The van der Waals surface area contributed by atoms with Crippen LogP contribution in [0.2, 0.25) is 0 Å². The molecule has 4 aromatic rings. The van der Waals surface area contributed by atoms with Gasteiger partial charge in [-0.15, -0.1) is 0 Å². The molecule has 1 aliphatic carbocycles. The molecule has 2 aromatic carbocycles. The monoisotopic (exact) mass is 496 g/mol. The number of hydrogen-bond donors (Lipinski definition) is 2. The molecule has 2 heterocycles. The third-order valence-corrected chi connectivity index (χ3v) is 7.48. The Balaban J connectivity index is 1.30. The minimum absolute atomic E-state index is 0.00359. The number of aryl methyl sites for hydroxylation is 1. The van der Waals surface area contributed by atoms with Crippen LogP contribution in [-0.4, -0.2) is 24.6 Å². The number of hydrogen-bond acceptors (Lipinski definition) is 7. The Kier molecular flexibility index (Phi) is 5.43. The lowest BCUT2D eigenvalue weighted by molar-refractivity contribution is -0.118. The highest BCUT2D eigenvalue weighted by Crippen LogP contribution is 2.49. The molecule has 0 saturated heterocycles. The van der Waals surface area contributed by atoms with Crippen LogP contribution in [0.4, 0.5) is 16.0 Å². The molecule has 1 fully saturated rings. The average molecular weight is 497 g/mol. The number of carbonyl (C=O) groups is 1. The van der Waals surface area contributed by atoms with Crippen LogP contribution in [-0.2, 0) is 20.2 Å². The van der Waals surface area contributed by atoms with E-state index >= 15 is 0 Å². The van der Waals surface area contributed by atoms with Crippen molar-refractivity contribution in [1.82, 2.24) is 10.3 Å². The predicted octanol–water partition coefficient (Wildman–Crippen LogP) is 4.56. The second-order valence-corrected chi connectivity index (χ2v) is 10.1. The van der Waals surface area contributed by atoms with Crippen molar-refractivity contribution in [3.8, 4) is 11.3 Å². The maximum Gasteiger partial charge on any atom is 0.264 e. The van der Waals surface area contributed by atoms with Gasteiger partial charge < -0.3 is 14.4 Å². The molecule has 0 aliphatic heterocycles. The number of rotatable bonds is 7. The van der Waals surface area contributed by atoms with Gasteiger partial charge in [0.15, 0.2) is 5.76 Å². The number of benzene rings is 2. The summed E-state index contributed by atoms with van der Waals surface area (Å²) < 4.78 is 52.1. The highest BCUT2D eigenvalue weighted by atomic mass is 32.2. The Morgan fingerprint density at radius 1 is 1.03 bits per heavy atom. The van der Waals surface area contributed by atoms with Gasteiger partial charge in [0, 0.05) is 17.3 Å². The highest BCUT2D eigenvalue weighted by molar-refractivity contribution is 7.92. The summed E-state index contributed by atoms with van der Waals surface area (Å²) in [6.07, 6.45) is 1.13. The molecule has 5 rings (SSSR count). The van der Waals surface area contributed by atoms with Gasteiger partial charge in [0.25, 0.3) is 10.0 Å². The van der Waals surface area contributed by atoms with Gasteiger partial charge in [-0.2, -0.15) is 0 Å². The van der Waals surface area contributed by atoms with Gasteiger partial charge in [0.2, 0.25) is 11.8 Å². The van der Waals surface area contributed by atoms with Crippen LogP contribution in [0.5, 0.6) is 0 Å². The fraction of sp³-hybridized carbons (Fsp3) is 0.208. The van der Waals surface area contributed by atoms with E-state index in [-0.39, 0.29) is 28.0 Å². The molecule has 11 heteroatoms. The summed E-state index contributed by atoms with van der Waals surface area (Å²) in [6.45, 7) is 3.41. The number of sulfonamides is 1. The van der Waals surface area contributed by atoms with Crippen molar-refractivity contribution < 1.29 is 26.6 Å². The van der Waals surface area contributed by atoms with E-state index in [2.05, 4.69) is 20.4 Å². The van der Waals surface area contributed by atoms with Crippen molar-refractivity contribution >= 4 is 27.5 Å². The molecule has 9 nitrogen and oxygen atoms in total. The number of carbonyl (C=O) groups excluding carboxylic acids is 1. The first-order chi connectivity index (χ1) is 16.7. The number of nitrogens with zero attached hydrogens (tertiary/aromatic N) is 2. The van der Waals surface area contributed by atoms with Gasteiger partial charge >= 0.3 is 0 Å². The van der Waals surface area contributed by atoms with Gasteiger partial charge in [-0.25, -0.2) is 17.5 Å². The molecule has 2 N–H and O–H groups in total. The summed E-state index contributed by atoms with van der Waals surface area (Å²) >= 11 is 0. The fourth-order valence-corrected chi connectivity index (χ4v) is 4.72. The first kappa shape index (κ1) is 22.8. The smallest absolute Gasteiger partial charge is 0.264 e. The first-order valence-corrected chi connectivity index (χ1v) is 12.3. The molecule has 180 valence electrons. The molecule has 1 amide bonds. The van der Waals surface area contributed by atoms with Crippen LogP contribution in [0.25, 0.3) is 11.3 Å². The Labute approximate surface area is 200 Å². The molecule has 2 aromatic heterocycles. The largest absolute Gasteiger partial charge is 0.356 e. The molecule has 0 radical (unpaired) electrons. The van der Waals surface area contributed by atoms with E-state index in [1.165, 1.54) is 30.3 Å². The Bertz CT molecular complexity index is 1520. The molecular weight excluding hydrogens is 475 g/mol. The lowest BCUT2D eigenvalue weighted by Gasteiger charge is -2.13. The highest BCUT2D eigenvalue weighted by Gasteiger charge is 2.54. The maximum absolute atomic E-state index is 14.1.